The van der Waals surface area contributed by atoms with Gasteiger partial charge >= 0.3 is 0 Å². The lowest BCUT2D eigenvalue weighted by atomic mass is 10.0. The number of aromatic nitrogens is 2. The van der Waals surface area contributed by atoms with E-state index in [9.17, 15) is 0 Å². The van der Waals surface area contributed by atoms with Gasteiger partial charge in [-0.25, -0.2) is 4.98 Å². The normalized spacial score (nSPS) is 11.2. The monoisotopic (exact) mass is 273 g/mol. The molecular weight excluding hydrogens is 258 g/mol. The van der Waals surface area contributed by atoms with Gasteiger partial charge in [0.2, 0.25) is 0 Å². The van der Waals surface area contributed by atoms with Crippen LogP contribution in [-0.4, -0.2) is 9.55 Å². The number of fused-ring (bicyclic) bond motifs is 2. The molecule has 0 aliphatic rings. The number of hydrogen-bond acceptors (Lipinski definition) is 2. The average molecular weight is 273 g/mol. The van der Waals surface area contributed by atoms with E-state index in [1.165, 1.54) is 16.3 Å². The second-order valence-electron chi connectivity index (χ2n) is 5.26. The van der Waals surface area contributed by atoms with Crippen LogP contribution in [0.1, 0.15) is 5.56 Å². The molecule has 3 nitrogen and oxygen atoms in total. The summed E-state index contributed by atoms with van der Waals surface area (Å²) in [4.78, 5) is 4.44. The predicted octanol–water partition coefficient (Wildman–Crippen LogP) is 3.82. The van der Waals surface area contributed by atoms with Crippen LogP contribution in [0.4, 0.5) is 5.69 Å². The molecule has 0 unspecified atom stereocenters. The van der Waals surface area contributed by atoms with Crippen molar-refractivity contribution in [2.24, 2.45) is 0 Å². The first-order chi connectivity index (χ1) is 10.3. The zero-order chi connectivity index (χ0) is 14.2. The molecule has 3 aromatic carbocycles. The molecule has 4 aromatic rings. The van der Waals surface area contributed by atoms with Gasteiger partial charge in [-0.2, -0.15) is 0 Å². The Bertz CT molecular complexity index is 932. The summed E-state index contributed by atoms with van der Waals surface area (Å²) in [5.41, 5.74) is 9.90. The van der Waals surface area contributed by atoms with Crippen LogP contribution in [0, 0.1) is 0 Å². The van der Waals surface area contributed by atoms with E-state index in [0.717, 1.165) is 23.3 Å². The number of nitrogen functional groups attached to an aromatic ring is 1. The van der Waals surface area contributed by atoms with Crippen molar-refractivity contribution >= 4 is 27.5 Å². The van der Waals surface area contributed by atoms with Crippen LogP contribution in [0.15, 0.2) is 67.0 Å². The summed E-state index contributed by atoms with van der Waals surface area (Å²) < 4.78 is 2.16. The first-order valence-corrected chi connectivity index (χ1v) is 6.98. The van der Waals surface area contributed by atoms with E-state index in [-0.39, 0.29) is 0 Å². The minimum atomic E-state index is 0.748. The van der Waals surface area contributed by atoms with Crippen molar-refractivity contribution in [2.45, 2.75) is 6.54 Å². The lowest BCUT2D eigenvalue weighted by molar-refractivity contribution is 0.830. The summed E-state index contributed by atoms with van der Waals surface area (Å²) in [6.45, 7) is 0.807. The fourth-order valence-corrected chi connectivity index (χ4v) is 2.82. The quantitative estimate of drug-likeness (QED) is 0.564. The van der Waals surface area contributed by atoms with E-state index < -0.39 is 0 Å². The van der Waals surface area contributed by atoms with Gasteiger partial charge in [0.25, 0.3) is 0 Å². The van der Waals surface area contributed by atoms with Gasteiger partial charge in [-0.15, -0.1) is 0 Å². The van der Waals surface area contributed by atoms with E-state index in [4.69, 9.17) is 5.73 Å². The van der Waals surface area contributed by atoms with E-state index in [2.05, 4.69) is 52.0 Å². The molecule has 2 N–H and O–H groups in total. The third-order valence-electron chi connectivity index (χ3n) is 3.87. The molecule has 3 heteroatoms. The van der Waals surface area contributed by atoms with Gasteiger partial charge in [0.1, 0.15) is 0 Å². The van der Waals surface area contributed by atoms with Crippen LogP contribution < -0.4 is 5.73 Å². The lowest BCUT2D eigenvalue weighted by Crippen LogP contribution is -1.98. The highest BCUT2D eigenvalue weighted by atomic mass is 15.0. The van der Waals surface area contributed by atoms with Crippen molar-refractivity contribution in [3.05, 3.63) is 72.6 Å². The highest BCUT2D eigenvalue weighted by Crippen LogP contribution is 2.22. The minimum Gasteiger partial charge on any atom is -0.399 e. The summed E-state index contributed by atoms with van der Waals surface area (Å²) in [7, 11) is 0. The van der Waals surface area contributed by atoms with Crippen molar-refractivity contribution in [2.75, 3.05) is 5.73 Å². The maximum atomic E-state index is 5.81. The number of nitrogens with zero attached hydrogens (tertiary/aromatic N) is 2. The fourth-order valence-electron chi connectivity index (χ4n) is 2.82. The third-order valence-corrected chi connectivity index (χ3v) is 3.87. The smallest absolute Gasteiger partial charge is 0.0961 e. The van der Waals surface area contributed by atoms with Crippen molar-refractivity contribution in [1.29, 1.82) is 0 Å². The van der Waals surface area contributed by atoms with Gasteiger partial charge in [0.15, 0.2) is 0 Å². The molecule has 0 radical (unpaired) electrons. The van der Waals surface area contributed by atoms with Crippen molar-refractivity contribution in [3.63, 3.8) is 0 Å². The Morgan fingerprint density at radius 3 is 2.76 bits per heavy atom. The van der Waals surface area contributed by atoms with Gasteiger partial charge in [-0.05, 0) is 34.5 Å². The molecule has 0 atom stereocenters. The van der Waals surface area contributed by atoms with Crippen LogP contribution in [0.5, 0.6) is 0 Å². The summed E-state index contributed by atoms with van der Waals surface area (Å²) >= 11 is 0. The van der Waals surface area contributed by atoms with Crippen molar-refractivity contribution in [3.8, 4) is 0 Å². The maximum absolute atomic E-state index is 5.81. The largest absolute Gasteiger partial charge is 0.399 e. The Morgan fingerprint density at radius 1 is 0.952 bits per heavy atom. The molecule has 0 aliphatic heterocycles. The van der Waals surface area contributed by atoms with Gasteiger partial charge < -0.3 is 10.3 Å². The first-order valence-electron chi connectivity index (χ1n) is 6.98. The van der Waals surface area contributed by atoms with Gasteiger partial charge in [0, 0.05) is 12.2 Å². The van der Waals surface area contributed by atoms with E-state index in [0.29, 0.717) is 0 Å². The van der Waals surface area contributed by atoms with Crippen LogP contribution in [-0.2, 0) is 6.54 Å². The summed E-state index contributed by atoms with van der Waals surface area (Å²) in [6.07, 6.45) is 1.88. The molecule has 4 rings (SSSR count). The Hall–Kier alpha value is -2.81. The standard InChI is InChI=1S/C18H15N3/c19-15-8-9-18-17(10-15)20-12-21(18)11-14-6-3-5-13-4-1-2-7-16(13)14/h1-10,12H,11,19H2. The Kier molecular flexibility index (Phi) is 2.64. The number of rotatable bonds is 2. The van der Waals surface area contributed by atoms with Crippen LogP contribution in [0.2, 0.25) is 0 Å². The topological polar surface area (TPSA) is 43.8 Å². The molecule has 0 fully saturated rings. The number of nitrogens with two attached hydrogens (primary N) is 1. The molecule has 1 aromatic heterocycles. The van der Waals surface area contributed by atoms with Crippen LogP contribution in [0.25, 0.3) is 21.8 Å². The summed E-state index contributed by atoms with van der Waals surface area (Å²) in [5, 5.41) is 2.56. The van der Waals surface area contributed by atoms with Crippen molar-refractivity contribution < 1.29 is 0 Å². The van der Waals surface area contributed by atoms with Crippen LogP contribution >= 0.6 is 0 Å². The molecule has 0 saturated heterocycles. The first kappa shape index (κ1) is 12.0. The van der Waals surface area contributed by atoms with Gasteiger partial charge in [0.05, 0.1) is 17.4 Å². The molecule has 0 spiro atoms. The molecule has 1 heterocycles. The zero-order valence-electron chi connectivity index (χ0n) is 11.5. The van der Waals surface area contributed by atoms with Crippen molar-refractivity contribution in [1.82, 2.24) is 9.55 Å². The SMILES string of the molecule is Nc1ccc2c(c1)ncn2Cc1cccc2ccccc12. The molecule has 21 heavy (non-hydrogen) atoms. The Labute approximate surface area is 122 Å². The van der Waals surface area contributed by atoms with Gasteiger partial charge in [-0.1, -0.05) is 42.5 Å². The minimum absolute atomic E-state index is 0.748. The number of benzene rings is 3. The summed E-state index contributed by atoms with van der Waals surface area (Å²) in [6, 6.07) is 20.8. The highest BCUT2D eigenvalue weighted by Gasteiger charge is 2.06. The number of anilines is 1. The second kappa shape index (κ2) is 4.63. The molecule has 0 aliphatic carbocycles. The molecular formula is C18H15N3. The molecule has 0 saturated carbocycles. The van der Waals surface area contributed by atoms with E-state index >= 15 is 0 Å². The maximum Gasteiger partial charge on any atom is 0.0961 e. The molecule has 0 bridgehead atoms. The third kappa shape index (κ3) is 2.03. The Morgan fingerprint density at radius 2 is 1.81 bits per heavy atom. The van der Waals surface area contributed by atoms with E-state index in [1.54, 1.807) is 0 Å². The number of hydrogen-bond donors (Lipinski definition) is 1. The van der Waals surface area contributed by atoms with E-state index in [1.807, 2.05) is 24.5 Å². The zero-order valence-corrected chi connectivity index (χ0v) is 11.5. The second-order valence-corrected chi connectivity index (χ2v) is 5.26. The Balaban J connectivity index is 1.83. The summed E-state index contributed by atoms with van der Waals surface area (Å²) in [5.74, 6) is 0. The fraction of sp³-hybridized carbons (Fsp3) is 0.0556. The molecule has 0 amide bonds. The highest BCUT2D eigenvalue weighted by molar-refractivity contribution is 5.86. The molecule has 102 valence electrons. The van der Waals surface area contributed by atoms with Gasteiger partial charge in [-0.3, -0.25) is 0 Å². The number of imidazole rings is 1. The lowest BCUT2D eigenvalue weighted by Gasteiger charge is -2.08. The van der Waals surface area contributed by atoms with Crippen LogP contribution in [0.3, 0.4) is 0 Å². The predicted molar refractivity (Wildman–Crippen MR) is 87.2 cm³/mol. The average Bonchev–Trinajstić information content (AvgIpc) is 2.90.